The van der Waals surface area contributed by atoms with Gasteiger partial charge in [-0.15, -0.1) is 11.3 Å². The molecule has 1 unspecified atom stereocenters. The molecule has 2 aromatic rings. The van der Waals surface area contributed by atoms with Crippen molar-refractivity contribution in [1.29, 1.82) is 0 Å². The summed E-state index contributed by atoms with van der Waals surface area (Å²) < 4.78 is 13.0. The minimum absolute atomic E-state index is 0.285. The van der Waals surface area contributed by atoms with Gasteiger partial charge in [-0.3, -0.25) is 20.4 Å². The second-order valence-corrected chi connectivity index (χ2v) is 5.63. The van der Waals surface area contributed by atoms with Crippen LogP contribution in [0.25, 0.3) is 0 Å². The average Bonchev–Trinajstić information content (AvgIpc) is 2.91. The number of nitrogens with one attached hydrogen (secondary N) is 2. The van der Waals surface area contributed by atoms with E-state index in [-0.39, 0.29) is 6.42 Å². The number of aryl methyl sites for hydroxylation is 1. The highest BCUT2D eigenvalue weighted by molar-refractivity contribution is 7.12. The molecule has 0 spiro atoms. The molecular formula is C15H15FN2O3S. The largest absolute Gasteiger partial charge is 0.388 e. The molecule has 0 saturated heterocycles. The molecule has 1 heterocycles. The zero-order valence-corrected chi connectivity index (χ0v) is 12.6. The van der Waals surface area contributed by atoms with Crippen molar-refractivity contribution in [2.45, 2.75) is 19.4 Å². The fourth-order valence-corrected chi connectivity index (χ4v) is 2.67. The van der Waals surface area contributed by atoms with Gasteiger partial charge in [-0.25, -0.2) is 4.39 Å². The Hall–Kier alpha value is -2.25. The number of rotatable bonds is 4. The predicted octanol–water partition coefficient (Wildman–Crippen LogP) is 2.08. The summed E-state index contributed by atoms with van der Waals surface area (Å²) in [5.74, 6) is -1.47. The summed E-state index contributed by atoms with van der Waals surface area (Å²) in [5.41, 5.74) is 5.63. The number of amides is 2. The Labute approximate surface area is 130 Å². The Morgan fingerprint density at radius 3 is 2.73 bits per heavy atom. The molecular weight excluding hydrogens is 307 g/mol. The highest BCUT2D eigenvalue weighted by Gasteiger charge is 2.15. The minimum Gasteiger partial charge on any atom is -0.388 e. The van der Waals surface area contributed by atoms with Crippen molar-refractivity contribution in [2.75, 3.05) is 0 Å². The fourth-order valence-electron chi connectivity index (χ4n) is 1.85. The van der Waals surface area contributed by atoms with E-state index in [1.54, 1.807) is 18.4 Å². The number of aliphatic hydroxyl groups excluding tert-OH is 1. The topological polar surface area (TPSA) is 78.4 Å². The van der Waals surface area contributed by atoms with Gasteiger partial charge in [-0.2, -0.15) is 0 Å². The van der Waals surface area contributed by atoms with Crippen LogP contribution in [0.5, 0.6) is 0 Å². The summed E-state index contributed by atoms with van der Waals surface area (Å²) in [5, 5.41) is 11.6. The van der Waals surface area contributed by atoms with E-state index < -0.39 is 23.7 Å². The lowest BCUT2D eigenvalue weighted by Gasteiger charge is -2.12. The number of carbonyl (C=O) groups is 2. The van der Waals surface area contributed by atoms with E-state index in [0.717, 1.165) is 11.6 Å². The van der Waals surface area contributed by atoms with Crippen molar-refractivity contribution in [3.63, 3.8) is 0 Å². The van der Waals surface area contributed by atoms with E-state index in [2.05, 4.69) is 10.9 Å². The molecule has 7 heteroatoms. The predicted molar refractivity (Wildman–Crippen MR) is 80.6 cm³/mol. The summed E-state index contributed by atoms with van der Waals surface area (Å²) in [6, 6.07) is 7.18. The standard InChI is InChI=1S/C15H15FN2O3S/c1-9-5-6-22-14(9)15(21)18-17-13(20)8-12(19)10-3-2-4-11(16)7-10/h2-7,12,19H,8H2,1H3,(H,17,20)(H,18,21). The molecule has 5 nitrogen and oxygen atoms in total. The molecule has 2 rings (SSSR count). The first-order chi connectivity index (χ1) is 10.5. The van der Waals surface area contributed by atoms with Gasteiger partial charge in [-0.1, -0.05) is 12.1 Å². The molecule has 0 saturated carbocycles. The normalized spacial score (nSPS) is 11.8. The lowest BCUT2D eigenvalue weighted by Crippen LogP contribution is -2.42. The van der Waals surface area contributed by atoms with Crippen molar-refractivity contribution in [3.05, 3.63) is 57.5 Å². The molecule has 0 aliphatic carbocycles. The van der Waals surface area contributed by atoms with Crippen molar-refractivity contribution < 1.29 is 19.1 Å². The van der Waals surface area contributed by atoms with Crippen LogP contribution >= 0.6 is 11.3 Å². The summed E-state index contributed by atoms with van der Waals surface area (Å²) in [7, 11) is 0. The van der Waals surface area contributed by atoms with Gasteiger partial charge in [0.25, 0.3) is 5.91 Å². The van der Waals surface area contributed by atoms with Crippen LogP contribution < -0.4 is 10.9 Å². The fraction of sp³-hybridized carbons (Fsp3) is 0.200. The zero-order valence-electron chi connectivity index (χ0n) is 11.8. The van der Waals surface area contributed by atoms with Crippen LogP contribution in [0.1, 0.15) is 33.3 Å². The highest BCUT2D eigenvalue weighted by Crippen LogP contribution is 2.17. The Kier molecular flexibility index (Phi) is 5.24. The van der Waals surface area contributed by atoms with E-state index in [4.69, 9.17) is 0 Å². The number of hydrazine groups is 1. The molecule has 3 N–H and O–H groups in total. The van der Waals surface area contributed by atoms with Crippen LogP contribution in [-0.2, 0) is 4.79 Å². The minimum atomic E-state index is -1.14. The van der Waals surface area contributed by atoms with Crippen LogP contribution in [0.3, 0.4) is 0 Å². The third-order valence-electron chi connectivity index (χ3n) is 3.00. The third-order valence-corrected chi connectivity index (χ3v) is 4.01. The number of benzene rings is 1. The van der Waals surface area contributed by atoms with Crippen molar-refractivity contribution in [3.8, 4) is 0 Å². The molecule has 116 valence electrons. The van der Waals surface area contributed by atoms with E-state index in [1.807, 2.05) is 0 Å². The van der Waals surface area contributed by atoms with Gasteiger partial charge in [0, 0.05) is 0 Å². The average molecular weight is 322 g/mol. The molecule has 2 amide bonds. The number of hydrogen-bond acceptors (Lipinski definition) is 4. The van der Waals surface area contributed by atoms with Crippen LogP contribution in [-0.4, -0.2) is 16.9 Å². The molecule has 0 radical (unpaired) electrons. The van der Waals surface area contributed by atoms with E-state index in [9.17, 15) is 19.1 Å². The molecule has 0 aliphatic rings. The smallest absolute Gasteiger partial charge is 0.280 e. The van der Waals surface area contributed by atoms with Gasteiger partial charge < -0.3 is 5.11 Å². The number of hydrogen-bond donors (Lipinski definition) is 3. The molecule has 0 bridgehead atoms. The van der Waals surface area contributed by atoms with Gasteiger partial charge in [0.05, 0.1) is 17.4 Å². The van der Waals surface area contributed by atoms with Crippen molar-refractivity contribution in [1.82, 2.24) is 10.9 Å². The SMILES string of the molecule is Cc1ccsc1C(=O)NNC(=O)CC(O)c1cccc(F)c1. The molecule has 22 heavy (non-hydrogen) atoms. The first-order valence-corrected chi connectivity index (χ1v) is 7.42. The Balaban J connectivity index is 1.85. The first-order valence-electron chi connectivity index (χ1n) is 6.54. The Morgan fingerprint density at radius 2 is 2.09 bits per heavy atom. The lowest BCUT2D eigenvalue weighted by atomic mass is 10.1. The third kappa shape index (κ3) is 4.12. The molecule has 1 atom stereocenters. The quantitative estimate of drug-likeness (QED) is 0.754. The van der Waals surface area contributed by atoms with Gasteiger partial charge in [0.15, 0.2) is 0 Å². The lowest BCUT2D eigenvalue weighted by molar-refractivity contribution is -0.123. The number of halogens is 1. The Morgan fingerprint density at radius 1 is 1.32 bits per heavy atom. The highest BCUT2D eigenvalue weighted by atomic mass is 32.1. The van der Waals surface area contributed by atoms with Crippen LogP contribution in [0.4, 0.5) is 4.39 Å². The molecule has 1 aromatic heterocycles. The molecule has 1 aromatic carbocycles. The second kappa shape index (κ2) is 7.15. The maximum absolute atomic E-state index is 13.0. The number of thiophene rings is 1. The summed E-state index contributed by atoms with van der Waals surface area (Å²) in [6.45, 7) is 1.79. The molecule has 0 fully saturated rings. The van der Waals surface area contributed by atoms with Crippen molar-refractivity contribution >= 4 is 23.2 Å². The van der Waals surface area contributed by atoms with Crippen LogP contribution in [0.15, 0.2) is 35.7 Å². The summed E-state index contributed by atoms with van der Waals surface area (Å²) in [6.07, 6.45) is -1.43. The van der Waals surface area contributed by atoms with Gasteiger partial charge in [0.2, 0.25) is 5.91 Å². The first kappa shape index (κ1) is 16.1. The van der Waals surface area contributed by atoms with Gasteiger partial charge >= 0.3 is 0 Å². The van der Waals surface area contributed by atoms with Crippen LogP contribution in [0.2, 0.25) is 0 Å². The van der Waals surface area contributed by atoms with E-state index in [1.165, 1.54) is 29.5 Å². The number of carbonyl (C=O) groups excluding carboxylic acids is 2. The second-order valence-electron chi connectivity index (χ2n) is 4.71. The number of aliphatic hydroxyl groups is 1. The summed E-state index contributed by atoms with van der Waals surface area (Å²) in [4.78, 5) is 24.0. The maximum atomic E-state index is 13.0. The molecule has 0 aliphatic heterocycles. The van der Waals surface area contributed by atoms with Crippen molar-refractivity contribution in [2.24, 2.45) is 0 Å². The zero-order chi connectivity index (χ0) is 16.1. The van der Waals surface area contributed by atoms with E-state index >= 15 is 0 Å². The monoisotopic (exact) mass is 322 g/mol. The summed E-state index contributed by atoms with van der Waals surface area (Å²) >= 11 is 1.27. The van der Waals surface area contributed by atoms with Gasteiger partial charge in [0.1, 0.15) is 5.82 Å². The van der Waals surface area contributed by atoms with Gasteiger partial charge in [-0.05, 0) is 41.6 Å². The van der Waals surface area contributed by atoms with E-state index in [0.29, 0.717) is 10.4 Å². The maximum Gasteiger partial charge on any atom is 0.280 e. The van der Waals surface area contributed by atoms with Crippen LogP contribution in [0, 0.1) is 12.7 Å². The Bertz CT molecular complexity index is 687.